The van der Waals surface area contributed by atoms with Gasteiger partial charge in [0, 0.05) is 49.9 Å². The van der Waals surface area contributed by atoms with Crippen molar-refractivity contribution in [1.29, 1.82) is 0 Å². The molecular weight excluding hydrogens is 411 g/mol. The number of benzene rings is 1. The molecule has 0 N–H and O–H groups in total. The summed E-state index contributed by atoms with van der Waals surface area (Å²) in [6.07, 6.45) is 0. The molecule has 1 aromatic carbocycles. The Balaban J connectivity index is 1.49. The van der Waals surface area contributed by atoms with Gasteiger partial charge < -0.3 is 9.80 Å². The average Bonchev–Trinajstić information content (AvgIpc) is 2.79. The second kappa shape index (κ2) is 8.86. The molecule has 0 radical (unpaired) electrons. The lowest BCUT2D eigenvalue weighted by molar-refractivity contribution is 0.0738. The minimum absolute atomic E-state index is 0.169. The maximum atomic E-state index is 13.2. The van der Waals surface area contributed by atoms with Crippen LogP contribution in [0.15, 0.2) is 47.3 Å². The molecule has 2 aromatic heterocycles. The highest BCUT2D eigenvalue weighted by Crippen LogP contribution is 2.19. The summed E-state index contributed by atoms with van der Waals surface area (Å²) in [6, 6.07) is 10.1. The fourth-order valence-electron chi connectivity index (χ4n) is 3.59. The predicted molar refractivity (Wildman–Crippen MR) is 119 cm³/mol. The van der Waals surface area contributed by atoms with Crippen LogP contribution >= 0.6 is 0 Å². The van der Waals surface area contributed by atoms with E-state index in [1.54, 1.807) is 4.90 Å². The van der Waals surface area contributed by atoms with Crippen LogP contribution in [0.5, 0.6) is 0 Å². The third kappa shape index (κ3) is 4.51. The Kier molecular flexibility index (Phi) is 5.98. The second-order valence-electron chi connectivity index (χ2n) is 8.10. The third-order valence-electron chi connectivity index (χ3n) is 5.36. The zero-order valence-electron chi connectivity index (χ0n) is 18.3. The van der Waals surface area contributed by atoms with Crippen molar-refractivity contribution in [2.24, 2.45) is 0 Å². The number of carbonyl (C=O) groups is 1. The van der Waals surface area contributed by atoms with Crippen molar-refractivity contribution in [2.75, 3.05) is 31.1 Å². The lowest BCUT2D eigenvalue weighted by atomic mass is 10.2. The smallest absolute Gasteiger partial charge is 0.274 e. The van der Waals surface area contributed by atoms with Crippen LogP contribution in [0.25, 0.3) is 5.69 Å². The highest BCUT2D eigenvalue weighted by atomic mass is 19.1. The zero-order valence-corrected chi connectivity index (χ0v) is 18.3. The molecule has 166 valence electrons. The molecule has 8 nitrogen and oxygen atoms in total. The SMILES string of the molecule is Cc1cc(N2CCN(C(=O)c3ccc(=O)n(-c4ccc(F)cc4)n3)CC2)nc(C(C)C)n1. The van der Waals surface area contributed by atoms with E-state index in [1.165, 1.54) is 36.4 Å². The summed E-state index contributed by atoms with van der Waals surface area (Å²) in [4.78, 5) is 38.3. The van der Waals surface area contributed by atoms with Gasteiger partial charge in [0.05, 0.1) is 5.69 Å². The van der Waals surface area contributed by atoms with E-state index in [4.69, 9.17) is 0 Å². The number of carbonyl (C=O) groups excluding carboxylic acids is 1. The number of piperazine rings is 1. The Morgan fingerprint density at radius 3 is 2.34 bits per heavy atom. The van der Waals surface area contributed by atoms with E-state index in [0.29, 0.717) is 31.9 Å². The maximum Gasteiger partial charge on any atom is 0.274 e. The van der Waals surface area contributed by atoms with E-state index >= 15 is 0 Å². The summed E-state index contributed by atoms with van der Waals surface area (Å²) in [5, 5.41) is 4.22. The lowest BCUT2D eigenvalue weighted by Gasteiger charge is -2.35. The van der Waals surface area contributed by atoms with Gasteiger partial charge in [0.1, 0.15) is 23.2 Å². The van der Waals surface area contributed by atoms with Crippen molar-refractivity contribution in [3.63, 3.8) is 0 Å². The first kappa shape index (κ1) is 21.6. The molecule has 0 bridgehead atoms. The summed E-state index contributed by atoms with van der Waals surface area (Å²) in [7, 11) is 0. The van der Waals surface area contributed by atoms with Crippen molar-refractivity contribution < 1.29 is 9.18 Å². The molecule has 9 heteroatoms. The Labute approximate surface area is 185 Å². The van der Waals surface area contributed by atoms with Gasteiger partial charge >= 0.3 is 0 Å². The van der Waals surface area contributed by atoms with Gasteiger partial charge in [0.2, 0.25) is 0 Å². The van der Waals surface area contributed by atoms with Gasteiger partial charge in [-0.3, -0.25) is 9.59 Å². The molecule has 32 heavy (non-hydrogen) atoms. The predicted octanol–water partition coefficient (Wildman–Crippen LogP) is 2.56. The lowest BCUT2D eigenvalue weighted by Crippen LogP contribution is -2.49. The summed E-state index contributed by atoms with van der Waals surface area (Å²) < 4.78 is 14.3. The fraction of sp³-hybridized carbons (Fsp3) is 0.348. The van der Waals surface area contributed by atoms with Crippen LogP contribution in [-0.4, -0.2) is 56.7 Å². The summed E-state index contributed by atoms with van der Waals surface area (Å²) >= 11 is 0. The number of hydrogen-bond acceptors (Lipinski definition) is 6. The van der Waals surface area contributed by atoms with Crippen LogP contribution in [0.1, 0.15) is 41.8 Å². The average molecular weight is 436 g/mol. The number of hydrogen-bond donors (Lipinski definition) is 0. The van der Waals surface area contributed by atoms with E-state index in [0.717, 1.165) is 22.0 Å². The second-order valence-corrected chi connectivity index (χ2v) is 8.10. The quantitative estimate of drug-likeness (QED) is 0.625. The molecule has 1 saturated heterocycles. The van der Waals surface area contributed by atoms with E-state index < -0.39 is 11.4 Å². The van der Waals surface area contributed by atoms with Crippen LogP contribution in [0, 0.1) is 12.7 Å². The normalized spacial score (nSPS) is 14.2. The Bertz CT molecular complexity index is 1180. The number of amides is 1. The number of anilines is 1. The minimum Gasteiger partial charge on any atom is -0.353 e. The molecule has 3 aromatic rings. The van der Waals surface area contributed by atoms with E-state index in [-0.39, 0.29) is 17.5 Å². The first-order valence-electron chi connectivity index (χ1n) is 10.6. The monoisotopic (exact) mass is 436 g/mol. The number of nitrogens with zero attached hydrogens (tertiary/aromatic N) is 6. The summed E-state index contributed by atoms with van der Waals surface area (Å²) in [5.41, 5.74) is 1.10. The molecule has 0 atom stereocenters. The van der Waals surface area contributed by atoms with Gasteiger partial charge in [0.15, 0.2) is 0 Å². The Morgan fingerprint density at radius 2 is 1.69 bits per heavy atom. The molecule has 0 aliphatic carbocycles. The molecule has 0 unspecified atom stereocenters. The van der Waals surface area contributed by atoms with Gasteiger partial charge in [-0.1, -0.05) is 13.8 Å². The highest BCUT2D eigenvalue weighted by Gasteiger charge is 2.25. The standard InChI is InChI=1S/C23H25FN6O2/c1-15(2)22-25-16(3)14-20(26-22)28-10-12-29(13-11-28)23(32)19-8-9-21(31)30(27-19)18-6-4-17(24)5-7-18/h4-9,14-15H,10-13H2,1-3H3. The van der Waals surface area contributed by atoms with Crippen molar-refractivity contribution in [3.05, 3.63) is 75.8 Å². The fourth-order valence-corrected chi connectivity index (χ4v) is 3.59. The first-order valence-corrected chi connectivity index (χ1v) is 10.6. The molecule has 3 heterocycles. The van der Waals surface area contributed by atoms with Crippen molar-refractivity contribution in [3.8, 4) is 5.69 Å². The highest BCUT2D eigenvalue weighted by molar-refractivity contribution is 5.92. The first-order chi connectivity index (χ1) is 15.3. The maximum absolute atomic E-state index is 13.2. The number of aromatic nitrogens is 4. The topological polar surface area (TPSA) is 84.2 Å². The summed E-state index contributed by atoms with van der Waals surface area (Å²) in [6.45, 7) is 8.38. The Hall–Kier alpha value is -3.62. The molecule has 4 rings (SSSR count). The van der Waals surface area contributed by atoms with Crippen molar-refractivity contribution in [2.45, 2.75) is 26.7 Å². The van der Waals surface area contributed by atoms with Crippen LogP contribution in [-0.2, 0) is 0 Å². The molecule has 1 fully saturated rings. The van der Waals surface area contributed by atoms with Crippen LogP contribution < -0.4 is 10.5 Å². The van der Waals surface area contributed by atoms with Crippen LogP contribution in [0.4, 0.5) is 10.2 Å². The van der Waals surface area contributed by atoms with E-state index in [9.17, 15) is 14.0 Å². The molecule has 1 aliphatic heterocycles. The van der Waals surface area contributed by atoms with Gasteiger partial charge in [-0.05, 0) is 37.3 Å². The minimum atomic E-state index is -0.411. The van der Waals surface area contributed by atoms with Crippen molar-refractivity contribution in [1.82, 2.24) is 24.6 Å². The number of rotatable bonds is 4. The van der Waals surface area contributed by atoms with E-state index in [1.807, 2.05) is 13.0 Å². The Morgan fingerprint density at radius 1 is 1.00 bits per heavy atom. The van der Waals surface area contributed by atoms with Crippen LogP contribution in [0.3, 0.4) is 0 Å². The molecule has 1 amide bonds. The van der Waals surface area contributed by atoms with E-state index in [2.05, 4.69) is 33.8 Å². The number of halogens is 1. The molecular formula is C23H25FN6O2. The third-order valence-corrected chi connectivity index (χ3v) is 5.36. The molecule has 0 saturated carbocycles. The van der Waals surface area contributed by atoms with Gasteiger partial charge in [-0.25, -0.2) is 14.4 Å². The van der Waals surface area contributed by atoms with Crippen molar-refractivity contribution >= 4 is 11.7 Å². The van der Waals surface area contributed by atoms with Gasteiger partial charge in [-0.15, -0.1) is 0 Å². The van der Waals surface area contributed by atoms with Gasteiger partial charge in [0.25, 0.3) is 11.5 Å². The molecule has 0 spiro atoms. The largest absolute Gasteiger partial charge is 0.353 e. The number of aryl methyl sites for hydroxylation is 1. The molecule has 1 aliphatic rings. The zero-order chi connectivity index (χ0) is 22.8. The van der Waals surface area contributed by atoms with Gasteiger partial charge in [-0.2, -0.15) is 9.78 Å². The van der Waals surface area contributed by atoms with Crippen LogP contribution in [0.2, 0.25) is 0 Å². The summed E-state index contributed by atoms with van der Waals surface area (Å²) in [5.74, 6) is 1.26.